The summed E-state index contributed by atoms with van der Waals surface area (Å²) in [5, 5.41) is 0. The zero-order chi connectivity index (χ0) is 18.5. The Morgan fingerprint density at radius 2 is 1.69 bits per heavy atom. The Hall–Kier alpha value is -2.08. The normalized spacial score (nSPS) is 15.0. The maximum Gasteiger partial charge on any atom is -0.0162 e. The predicted octanol–water partition coefficient (Wildman–Crippen LogP) is 7.94. The molecule has 0 amide bonds. The SMILES string of the molecule is C=C(C)CCc1cc(-c2cccc(C(=C)C)c2)cc(C2CCCCC2)c1. The van der Waals surface area contributed by atoms with Gasteiger partial charge in [-0.25, -0.2) is 0 Å². The average molecular weight is 345 g/mol. The molecule has 0 aromatic heterocycles. The van der Waals surface area contributed by atoms with E-state index in [1.807, 2.05) is 0 Å². The first kappa shape index (κ1) is 18.7. The van der Waals surface area contributed by atoms with Crippen molar-refractivity contribution in [1.29, 1.82) is 0 Å². The zero-order valence-corrected chi connectivity index (χ0v) is 16.5. The first-order valence-electron chi connectivity index (χ1n) is 10.1. The van der Waals surface area contributed by atoms with Crippen LogP contribution in [0.4, 0.5) is 0 Å². The Morgan fingerprint density at radius 3 is 2.38 bits per heavy atom. The summed E-state index contributed by atoms with van der Waals surface area (Å²) < 4.78 is 0. The van der Waals surface area contributed by atoms with Crippen LogP contribution in [0.15, 0.2) is 61.2 Å². The molecule has 0 unspecified atom stereocenters. The molecule has 26 heavy (non-hydrogen) atoms. The summed E-state index contributed by atoms with van der Waals surface area (Å²) in [5.74, 6) is 0.733. The van der Waals surface area contributed by atoms with Crippen molar-refractivity contribution in [2.24, 2.45) is 0 Å². The molecule has 0 heterocycles. The number of hydrogen-bond donors (Lipinski definition) is 0. The number of benzene rings is 2. The molecular formula is C26H32. The summed E-state index contributed by atoms with van der Waals surface area (Å²) in [6, 6.07) is 16.1. The van der Waals surface area contributed by atoms with E-state index in [-0.39, 0.29) is 0 Å². The van der Waals surface area contributed by atoms with Crippen molar-refractivity contribution in [3.63, 3.8) is 0 Å². The van der Waals surface area contributed by atoms with Crippen LogP contribution in [0.25, 0.3) is 16.7 Å². The first-order valence-corrected chi connectivity index (χ1v) is 10.1. The van der Waals surface area contributed by atoms with E-state index in [0.717, 1.165) is 24.3 Å². The van der Waals surface area contributed by atoms with Gasteiger partial charge in [-0.3, -0.25) is 0 Å². The molecule has 3 rings (SSSR count). The van der Waals surface area contributed by atoms with Gasteiger partial charge >= 0.3 is 0 Å². The predicted molar refractivity (Wildman–Crippen MR) is 116 cm³/mol. The second kappa shape index (κ2) is 8.54. The molecule has 0 atom stereocenters. The molecule has 0 spiro atoms. The molecule has 2 aromatic carbocycles. The van der Waals surface area contributed by atoms with Crippen molar-refractivity contribution in [3.8, 4) is 11.1 Å². The monoisotopic (exact) mass is 344 g/mol. The average Bonchev–Trinajstić information content (AvgIpc) is 2.67. The van der Waals surface area contributed by atoms with Crippen LogP contribution >= 0.6 is 0 Å². The minimum absolute atomic E-state index is 0.733. The molecule has 0 aliphatic heterocycles. The van der Waals surface area contributed by atoms with E-state index in [1.54, 1.807) is 5.56 Å². The Bertz CT molecular complexity index is 787. The van der Waals surface area contributed by atoms with Crippen molar-refractivity contribution < 1.29 is 0 Å². The third kappa shape index (κ3) is 4.75. The zero-order valence-electron chi connectivity index (χ0n) is 16.5. The van der Waals surface area contributed by atoms with E-state index in [0.29, 0.717) is 0 Å². The lowest BCUT2D eigenvalue weighted by Gasteiger charge is -2.23. The van der Waals surface area contributed by atoms with Crippen LogP contribution in [-0.2, 0) is 6.42 Å². The molecule has 2 aromatic rings. The topological polar surface area (TPSA) is 0 Å². The van der Waals surface area contributed by atoms with E-state index in [9.17, 15) is 0 Å². The van der Waals surface area contributed by atoms with Gasteiger partial charge in [0.1, 0.15) is 0 Å². The van der Waals surface area contributed by atoms with Crippen molar-refractivity contribution in [1.82, 2.24) is 0 Å². The third-order valence-electron chi connectivity index (χ3n) is 5.62. The van der Waals surface area contributed by atoms with Crippen LogP contribution in [0.3, 0.4) is 0 Å². The van der Waals surface area contributed by atoms with Crippen molar-refractivity contribution in [2.75, 3.05) is 0 Å². The van der Waals surface area contributed by atoms with Crippen LogP contribution in [0, 0.1) is 0 Å². The van der Waals surface area contributed by atoms with Gasteiger partial charge in [-0.1, -0.05) is 73.4 Å². The fourth-order valence-corrected chi connectivity index (χ4v) is 4.02. The summed E-state index contributed by atoms with van der Waals surface area (Å²) in [6.07, 6.45) is 8.99. The molecule has 0 heteroatoms. The molecule has 0 radical (unpaired) electrons. The largest absolute Gasteiger partial charge is 0.100 e. The number of aryl methyl sites for hydroxylation is 1. The van der Waals surface area contributed by atoms with Gasteiger partial charge in [0.15, 0.2) is 0 Å². The molecule has 0 bridgehead atoms. The summed E-state index contributed by atoms with van der Waals surface area (Å²) in [6.45, 7) is 12.4. The van der Waals surface area contributed by atoms with Gasteiger partial charge in [0.25, 0.3) is 0 Å². The summed E-state index contributed by atoms with van der Waals surface area (Å²) in [5.41, 5.74) is 9.27. The smallest absolute Gasteiger partial charge is 0.0162 e. The molecule has 1 aliphatic rings. The Labute approximate surface area is 159 Å². The minimum Gasteiger partial charge on any atom is -0.100 e. The van der Waals surface area contributed by atoms with E-state index >= 15 is 0 Å². The highest BCUT2D eigenvalue weighted by Crippen LogP contribution is 2.36. The standard InChI is InChI=1S/C26H32/c1-19(2)13-14-21-15-25(22-9-6-5-7-10-22)18-26(16-21)24-12-8-11-23(17-24)20(3)4/h8,11-12,15-18,22H,1,3,5-7,9-10,13-14H2,2,4H3. The fraction of sp³-hybridized carbons (Fsp3) is 0.385. The maximum absolute atomic E-state index is 4.11. The molecule has 1 saturated carbocycles. The molecule has 1 aliphatic carbocycles. The highest BCUT2D eigenvalue weighted by molar-refractivity contribution is 5.72. The number of rotatable bonds is 6. The molecular weight excluding hydrogens is 312 g/mol. The van der Waals surface area contributed by atoms with Gasteiger partial charge in [0.05, 0.1) is 0 Å². The van der Waals surface area contributed by atoms with Crippen molar-refractivity contribution in [2.45, 2.75) is 64.7 Å². The van der Waals surface area contributed by atoms with Crippen LogP contribution in [0.2, 0.25) is 0 Å². The molecule has 1 fully saturated rings. The molecule has 136 valence electrons. The summed E-state index contributed by atoms with van der Waals surface area (Å²) in [4.78, 5) is 0. The second-order valence-corrected chi connectivity index (χ2v) is 8.12. The van der Waals surface area contributed by atoms with Crippen LogP contribution in [-0.4, -0.2) is 0 Å². The van der Waals surface area contributed by atoms with Crippen LogP contribution in [0.1, 0.15) is 75.0 Å². The van der Waals surface area contributed by atoms with Gasteiger partial charge < -0.3 is 0 Å². The van der Waals surface area contributed by atoms with Gasteiger partial charge in [0.2, 0.25) is 0 Å². The second-order valence-electron chi connectivity index (χ2n) is 8.12. The van der Waals surface area contributed by atoms with E-state index in [4.69, 9.17) is 0 Å². The minimum atomic E-state index is 0.733. The molecule has 0 N–H and O–H groups in total. The van der Waals surface area contributed by atoms with Crippen LogP contribution in [0.5, 0.6) is 0 Å². The van der Waals surface area contributed by atoms with Crippen molar-refractivity contribution >= 4 is 5.57 Å². The number of allylic oxidation sites excluding steroid dienone is 2. The van der Waals surface area contributed by atoms with Gasteiger partial charge in [-0.05, 0) is 79.3 Å². The first-order chi connectivity index (χ1) is 12.5. The quantitative estimate of drug-likeness (QED) is 0.466. The van der Waals surface area contributed by atoms with E-state index < -0.39 is 0 Å². The Balaban J connectivity index is 1.99. The highest BCUT2D eigenvalue weighted by Gasteiger charge is 2.17. The lowest BCUT2D eigenvalue weighted by Crippen LogP contribution is -2.05. The molecule has 0 nitrogen and oxygen atoms in total. The lowest BCUT2D eigenvalue weighted by molar-refractivity contribution is 0.443. The van der Waals surface area contributed by atoms with Gasteiger partial charge in [0, 0.05) is 0 Å². The Kier molecular flexibility index (Phi) is 6.14. The number of hydrogen-bond acceptors (Lipinski definition) is 0. The maximum atomic E-state index is 4.11. The lowest BCUT2D eigenvalue weighted by atomic mass is 9.82. The fourth-order valence-electron chi connectivity index (χ4n) is 4.02. The third-order valence-corrected chi connectivity index (χ3v) is 5.62. The highest BCUT2D eigenvalue weighted by atomic mass is 14.2. The molecule has 0 saturated heterocycles. The van der Waals surface area contributed by atoms with Gasteiger partial charge in [-0.15, -0.1) is 6.58 Å². The van der Waals surface area contributed by atoms with Crippen molar-refractivity contribution in [3.05, 3.63) is 77.9 Å². The summed E-state index contributed by atoms with van der Waals surface area (Å²) in [7, 11) is 0. The van der Waals surface area contributed by atoms with Gasteiger partial charge in [-0.2, -0.15) is 0 Å². The Morgan fingerprint density at radius 1 is 0.923 bits per heavy atom. The van der Waals surface area contributed by atoms with E-state index in [1.165, 1.54) is 59.9 Å². The van der Waals surface area contributed by atoms with Crippen LogP contribution < -0.4 is 0 Å². The van der Waals surface area contributed by atoms with E-state index in [2.05, 4.69) is 69.5 Å². The summed E-state index contributed by atoms with van der Waals surface area (Å²) >= 11 is 0.